The van der Waals surface area contributed by atoms with Gasteiger partial charge in [-0.1, -0.05) is 42.5 Å². The van der Waals surface area contributed by atoms with Crippen LogP contribution in [0.3, 0.4) is 0 Å². The first-order valence-electron chi connectivity index (χ1n) is 8.36. The Morgan fingerprint density at radius 3 is 2.12 bits per heavy atom. The van der Waals surface area contributed by atoms with Crippen LogP contribution in [0.1, 0.15) is 17.2 Å². The molecular weight excluding hydrogens is 318 g/mol. The van der Waals surface area contributed by atoms with Gasteiger partial charge in [0.05, 0.1) is 26.4 Å². The van der Waals surface area contributed by atoms with E-state index in [9.17, 15) is 15.0 Å². The third-order valence-electron chi connectivity index (χ3n) is 4.10. The lowest BCUT2D eigenvalue weighted by molar-refractivity contribution is -0.124. The van der Waals surface area contributed by atoms with Crippen molar-refractivity contribution in [2.75, 3.05) is 33.4 Å². The van der Waals surface area contributed by atoms with Gasteiger partial charge in [0.25, 0.3) is 0 Å². The predicted octanol–water partition coefficient (Wildman–Crippen LogP) is 1.83. The number of benzene rings is 2. The van der Waals surface area contributed by atoms with Gasteiger partial charge in [-0.2, -0.15) is 0 Å². The van der Waals surface area contributed by atoms with Crippen LogP contribution in [0, 0.1) is 0 Å². The lowest BCUT2D eigenvalue weighted by Crippen LogP contribution is -2.38. The molecule has 0 aromatic heterocycles. The topological polar surface area (TPSA) is 70.0 Å². The van der Waals surface area contributed by atoms with E-state index < -0.39 is 6.04 Å². The van der Waals surface area contributed by atoms with Crippen LogP contribution in [0.4, 0.5) is 0 Å². The molecule has 0 bridgehead atoms. The molecule has 0 unspecified atom stereocenters. The van der Waals surface area contributed by atoms with Crippen LogP contribution < -0.4 is 4.74 Å². The largest absolute Gasteiger partial charge is 0.497 e. The van der Waals surface area contributed by atoms with Gasteiger partial charge in [-0.15, -0.1) is 0 Å². The summed E-state index contributed by atoms with van der Waals surface area (Å²) in [6, 6.07) is 16.4. The van der Waals surface area contributed by atoms with Crippen LogP contribution in [0.15, 0.2) is 54.6 Å². The minimum Gasteiger partial charge on any atom is -0.497 e. The highest BCUT2D eigenvalue weighted by Crippen LogP contribution is 2.25. The third kappa shape index (κ3) is 5.39. The van der Waals surface area contributed by atoms with E-state index >= 15 is 0 Å². The first kappa shape index (κ1) is 19.1. The number of rotatable bonds is 10. The molecule has 0 saturated heterocycles. The number of carbonyl (C=O) groups is 1. The van der Waals surface area contributed by atoms with Gasteiger partial charge in [0.1, 0.15) is 5.75 Å². The van der Waals surface area contributed by atoms with Gasteiger partial charge in [-0.25, -0.2) is 0 Å². The summed E-state index contributed by atoms with van der Waals surface area (Å²) >= 11 is 0. The molecule has 0 fully saturated rings. The SMILES string of the molecule is COc1ccc([C@@H](C(=O)Cc2ccccc2)N(CCO)CCO)cc1. The normalized spacial score (nSPS) is 12.2. The molecule has 5 nitrogen and oxygen atoms in total. The minimum absolute atomic E-state index is 0.0262. The third-order valence-corrected chi connectivity index (χ3v) is 4.10. The summed E-state index contributed by atoms with van der Waals surface area (Å²) in [6.07, 6.45) is 0.297. The van der Waals surface area contributed by atoms with E-state index in [-0.39, 0.29) is 19.0 Å². The molecule has 1 atom stereocenters. The van der Waals surface area contributed by atoms with Crippen molar-refractivity contribution in [2.24, 2.45) is 0 Å². The number of methoxy groups -OCH3 is 1. The molecule has 0 aliphatic carbocycles. The molecule has 0 heterocycles. The highest BCUT2D eigenvalue weighted by atomic mass is 16.5. The Labute approximate surface area is 148 Å². The summed E-state index contributed by atoms with van der Waals surface area (Å²) in [5.41, 5.74) is 1.77. The van der Waals surface area contributed by atoms with Gasteiger partial charge >= 0.3 is 0 Å². The van der Waals surface area contributed by atoms with Crippen LogP contribution in [0.5, 0.6) is 5.75 Å². The minimum atomic E-state index is -0.523. The summed E-state index contributed by atoms with van der Waals surface area (Å²) in [4.78, 5) is 14.8. The molecule has 2 rings (SSSR count). The van der Waals surface area contributed by atoms with Crippen LogP contribution in [-0.2, 0) is 11.2 Å². The molecule has 2 aromatic carbocycles. The fourth-order valence-corrected chi connectivity index (χ4v) is 2.91. The number of ketones is 1. The predicted molar refractivity (Wildman–Crippen MR) is 96.6 cm³/mol. The molecule has 25 heavy (non-hydrogen) atoms. The summed E-state index contributed by atoms with van der Waals surface area (Å²) in [6.45, 7) is 0.478. The standard InChI is InChI=1S/C20H25NO4/c1-25-18-9-7-17(8-10-18)20(21(11-13-22)12-14-23)19(24)15-16-5-3-2-4-6-16/h2-10,20,22-23H,11-15H2,1H3/t20-/m0/s1. The number of Topliss-reactive ketones (excluding diaryl/α,β-unsaturated/α-hetero) is 1. The van der Waals surface area contributed by atoms with Gasteiger partial charge in [0.2, 0.25) is 0 Å². The zero-order valence-electron chi connectivity index (χ0n) is 14.5. The van der Waals surface area contributed by atoms with Crippen molar-refractivity contribution in [3.8, 4) is 5.75 Å². The van der Waals surface area contributed by atoms with Gasteiger partial charge < -0.3 is 14.9 Å². The molecule has 0 saturated carbocycles. The molecule has 2 N–H and O–H groups in total. The second kappa shape index (κ2) is 9.93. The number of nitrogens with zero attached hydrogens (tertiary/aromatic N) is 1. The van der Waals surface area contributed by atoms with Gasteiger partial charge in [-0.05, 0) is 23.3 Å². The maximum atomic E-state index is 13.0. The Morgan fingerprint density at radius 1 is 1.00 bits per heavy atom. The Hall–Kier alpha value is -2.21. The average Bonchev–Trinajstić information content (AvgIpc) is 2.64. The van der Waals surface area contributed by atoms with E-state index in [1.54, 1.807) is 7.11 Å². The van der Waals surface area contributed by atoms with Gasteiger partial charge in [0.15, 0.2) is 5.78 Å². The highest BCUT2D eigenvalue weighted by molar-refractivity contribution is 5.87. The maximum absolute atomic E-state index is 13.0. The summed E-state index contributed by atoms with van der Waals surface area (Å²) in [5, 5.41) is 18.7. The molecule has 0 radical (unpaired) electrons. The molecule has 0 spiro atoms. The van der Waals surface area contributed by atoms with Crippen LogP contribution in [0.2, 0.25) is 0 Å². The summed E-state index contributed by atoms with van der Waals surface area (Å²) in [5.74, 6) is 0.743. The second-order valence-electron chi connectivity index (χ2n) is 5.79. The van der Waals surface area contributed by atoms with Crippen LogP contribution in [0.25, 0.3) is 0 Å². The first-order chi connectivity index (χ1) is 12.2. The number of hydrogen-bond acceptors (Lipinski definition) is 5. The van der Waals surface area contributed by atoms with E-state index in [0.29, 0.717) is 25.3 Å². The fourth-order valence-electron chi connectivity index (χ4n) is 2.91. The van der Waals surface area contributed by atoms with Crippen molar-refractivity contribution in [1.82, 2.24) is 4.90 Å². The Kier molecular flexibility index (Phi) is 7.60. The van der Waals surface area contributed by atoms with E-state index in [4.69, 9.17) is 4.74 Å². The zero-order chi connectivity index (χ0) is 18.1. The van der Waals surface area contributed by atoms with Crippen molar-refractivity contribution >= 4 is 5.78 Å². The molecule has 5 heteroatoms. The van der Waals surface area contributed by atoms with Crippen molar-refractivity contribution < 1.29 is 19.7 Å². The number of ether oxygens (including phenoxy) is 1. The van der Waals surface area contributed by atoms with E-state index in [2.05, 4.69) is 0 Å². The quantitative estimate of drug-likeness (QED) is 0.689. The van der Waals surface area contributed by atoms with Crippen LogP contribution in [-0.4, -0.2) is 54.3 Å². The smallest absolute Gasteiger partial charge is 0.158 e. The monoisotopic (exact) mass is 343 g/mol. The molecule has 0 amide bonds. The Morgan fingerprint density at radius 2 is 1.60 bits per heavy atom. The number of aliphatic hydroxyl groups is 2. The number of aliphatic hydroxyl groups excluding tert-OH is 2. The van der Waals surface area contributed by atoms with Crippen LogP contribution >= 0.6 is 0 Å². The zero-order valence-corrected chi connectivity index (χ0v) is 14.5. The highest BCUT2D eigenvalue weighted by Gasteiger charge is 2.27. The lowest BCUT2D eigenvalue weighted by Gasteiger charge is -2.30. The number of hydrogen-bond donors (Lipinski definition) is 2. The molecular formula is C20H25NO4. The second-order valence-corrected chi connectivity index (χ2v) is 5.79. The van der Waals surface area contributed by atoms with E-state index in [1.165, 1.54) is 0 Å². The van der Waals surface area contributed by atoms with Crippen molar-refractivity contribution in [2.45, 2.75) is 12.5 Å². The number of carbonyl (C=O) groups excluding carboxylic acids is 1. The van der Waals surface area contributed by atoms with E-state index in [0.717, 1.165) is 11.1 Å². The average molecular weight is 343 g/mol. The fraction of sp³-hybridized carbons (Fsp3) is 0.350. The molecule has 2 aromatic rings. The van der Waals surface area contributed by atoms with Gasteiger partial charge in [-0.3, -0.25) is 9.69 Å². The molecule has 0 aliphatic rings. The molecule has 134 valence electrons. The Bertz CT molecular complexity index is 637. The summed E-state index contributed by atoms with van der Waals surface area (Å²) < 4.78 is 5.18. The maximum Gasteiger partial charge on any atom is 0.158 e. The first-order valence-corrected chi connectivity index (χ1v) is 8.36. The summed E-state index contributed by atoms with van der Waals surface area (Å²) in [7, 11) is 1.59. The lowest BCUT2D eigenvalue weighted by atomic mass is 9.96. The van der Waals surface area contributed by atoms with Crippen molar-refractivity contribution in [3.63, 3.8) is 0 Å². The van der Waals surface area contributed by atoms with Crippen molar-refractivity contribution in [1.29, 1.82) is 0 Å². The van der Waals surface area contributed by atoms with Crippen molar-refractivity contribution in [3.05, 3.63) is 65.7 Å². The molecule has 0 aliphatic heterocycles. The van der Waals surface area contributed by atoms with Gasteiger partial charge in [0, 0.05) is 19.5 Å². The Balaban J connectivity index is 2.30. The van der Waals surface area contributed by atoms with E-state index in [1.807, 2.05) is 59.5 Å².